The number of likely N-dealkylation sites (N-methyl/N-ethyl adjacent to an activating group) is 3. The van der Waals surface area contributed by atoms with E-state index in [-0.39, 0.29) is 130 Å². The minimum absolute atomic E-state index is 0.0561. The van der Waals surface area contributed by atoms with E-state index in [0.29, 0.717) is 31.4 Å². The summed E-state index contributed by atoms with van der Waals surface area (Å²) in [6.45, 7) is 10.4. The maximum atomic E-state index is 15.0. The number of hydrogen-bond acceptors (Lipinski definition) is 18. The van der Waals surface area contributed by atoms with Crippen LogP contribution >= 0.6 is 11.3 Å². The number of hydrogen-bond donors (Lipinski definition) is 5. The molecule has 0 saturated carbocycles. The van der Waals surface area contributed by atoms with Crippen LogP contribution in [-0.2, 0) is 71.1 Å². The van der Waals surface area contributed by atoms with Gasteiger partial charge in [-0.3, -0.25) is 62.3 Å². The van der Waals surface area contributed by atoms with Crippen molar-refractivity contribution in [1.29, 1.82) is 0 Å². The molecule has 26 nitrogen and oxygen atoms in total. The maximum Gasteiger partial charge on any atom is 0.446 e. The number of piperazine rings is 1. The second kappa shape index (κ2) is 32.0. The standard InChI is InChI=1S/C60H83N11O15S2/c1-9-38(4)53(65-56(78)48-35-66(48)6)60(81)67(7)46(37(2)3)34-49(85-39(5)72)57-64-45(36-87-57)58(79)68(8)47(33-41-20-22-42(23-21-41)86-88(82,83)84)55(77)62-43(18-13-14-26-61)54(76)63-44(32-40-16-11-10-12-17-40)59(80)70-30-28-69(29-31-70)50(73)19-15-27-71-51(74)24-25-52(71)75/h10-12,16-17,20-25,36-38,43-44,46-49,53H,9,13-15,18-19,26-35,61H2,1-8H3,(H,62,77)(H,63,76)(H,65,78)(H,82,83,84)/t38-,43+,44-,46+,47-,48+,49+,53-,66?/m0/s1. The van der Waals surface area contributed by atoms with Gasteiger partial charge >= 0.3 is 16.4 Å². The van der Waals surface area contributed by atoms with E-state index in [4.69, 9.17) is 10.5 Å². The summed E-state index contributed by atoms with van der Waals surface area (Å²) in [6, 6.07) is 8.74. The molecule has 9 atom stereocenters. The molecule has 6 rings (SSSR count). The van der Waals surface area contributed by atoms with E-state index in [0.717, 1.165) is 26.7 Å². The molecule has 28 heteroatoms. The van der Waals surface area contributed by atoms with E-state index in [2.05, 4.69) is 25.1 Å². The highest BCUT2D eigenvalue weighted by molar-refractivity contribution is 7.81. The molecule has 88 heavy (non-hydrogen) atoms. The molecule has 480 valence electrons. The van der Waals surface area contributed by atoms with Gasteiger partial charge in [-0.25, -0.2) is 4.98 Å². The number of esters is 1. The maximum absolute atomic E-state index is 15.0. The Hall–Kier alpha value is -7.66. The number of imide groups is 1. The molecule has 2 saturated heterocycles. The van der Waals surface area contributed by atoms with Gasteiger partial charge in [-0.05, 0) is 74.4 Å². The van der Waals surface area contributed by atoms with Crippen LogP contribution in [0.4, 0.5) is 0 Å². The van der Waals surface area contributed by atoms with Crippen molar-refractivity contribution >= 4 is 80.9 Å². The molecule has 1 unspecified atom stereocenters. The Kier molecular flexibility index (Phi) is 25.3. The quantitative estimate of drug-likeness (QED) is 0.0196. The first-order chi connectivity index (χ1) is 41.7. The first-order valence-electron chi connectivity index (χ1n) is 29.6. The Morgan fingerprint density at radius 1 is 0.818 bits per heavy atom. The fraction of sp³-hybridized carbons (Fsp3) is 0.550. The van der Waals surface area contributed by atoms with Crippen LogP contribution in [0.15, 0.2) is 72.1 Å². The third-order valence-corrected chi connectivity index (χ3v) is 17.4. The number of aromatic nitrogens is 1. The zero-order chi connectivity index (χ0) is 64.6. The number of thiazole rings is 1. The Balaban J connectivity index is 1.23. The molecule has 0 radical (unpaired) electrons. The van der Waals surface area contributed by atoms with E-state index < -0.39 is 88.1 Å². The summed E-state index contributed by atoms with van der Waals surface area (Å²) in [7, 11) is -0.0855. The van der Waals surface area contributed by atoms with Gasteiger partial charge in [0.05, 0.1) is 0 Å². The van der Waals surface area contributed by atoms with Crippen molar-refractivity contribution in [1.82, 2.24) is 50.3 Å². The van der Waals surface area contributed by atoms with Crippen molar-refractivity contribution in [2.45, 2.75) is 135 Å². The fourth-order valence-corrected chi connectivity index (χ4v) is 11.7. The second-order valence-electron chi connectivity index (χ2n) is 22.9. The van der Waals surface area contributed by atoms with Crippen molar-refractivity contribution in [3.63, 3.8) is 0 Å². The molecule has 0 spiro atoms. The third-order valence-electron chi connectivity index (χ3n) is 16.1. The van der Waals surface area contributed by atoms with Gasteiger partial charge in [-0.1, -0.05) is 76.6 Å². The lowest BCUT2D eigenvalue weighted by Gasteiger charge is -2.37. The summed E-state index contributed by atoms with van der Waals surface area (Å²) in [5.74, 6) is -5.67. The fourth-order valence-electron chi connectivity index (χ4n) is 10.6. The average Bonchev–Trinajstić information content (AvgIpc) is 1.98. The Morgan fingerprint density at radius 2 is 1.43 bits per heavy atom. The molecular formula is C60H83N11O15S2. The van der Waals surface area contributed by atoms with Crippen LogP contribution in [0.2, 0.25) is 0 Å². The lowest BCUT2D eigenvalue weighted by atomic mass is 9.93. The summed E-state index contributed by atoms with van der Waals surface area (Å²) in [5.41, 5.74) is 6.85. The van der Waals surface area contributed by atoms with Gasteiger partial charge in [-0.2, -0.15) is 8.42 Å². The number of rotatable bonds is 32. The first kappa shape index (κ1) is 69.4. The van der Waals surface area contributed by atoms with Crippen LogP contribution in [0.25, 0.3) is 0 Å². The predicted octanol–water partition coefficient (Wildman–Crippen LogP) is 2.05. The monoisotopic (exact) mass is 1260 g/mol. The van der Waals surface area contributed by atoms with E-state index in [1.807, 2.05) is 39.6 Å². The van der Waals surface area contributed by atoms with Crippen molar-refractivity contribution < 1.29 is 69.8 Å². The van der Waals surface area contributed by atoms with Crippen LogP contribution in [0.1, 0.15) is 112 Å². The minimum Gasteiger partial charge on any atom is -0.455 e. The normalized spacial score (nSPS) is 18.1. The van der Waals surface area contributed by atoms with E-state index in [1.54, 1.807) is 52.1 Å². The molecule has 0 bridgehead atoms. The van der Waals surface area contributed by atoms with Crippen LogP contribution in [-0.4, -0.2) is 210 Å². The van der Waals surface area contributed by atoms with Crippen LogP contribution in [0, 0.1) is 11.8 Å². The zero-order valence-electron chi connectivity index (χ0n) is 51.1. The van der Waals surface area contributed by atoms with Crippen molar-refractivity contribution in [2.75, 3.05) is 67.0 Å². The number of nitrogens with zero attached hydrogens (tertiary/aromatic N) is 7. The van der Waals surface area contributed by atoms with E-state index in [9.17, 15) is 60.9 Å². The third kappa shape index (κ3) is 19.7. The van der Waals surface area contributed by atoms with Crippen molar-refractivity contribution in [3.05, 3.63) is 94.0 Å². The first-order valence-corrected chi connectivity index (χ1v) is 31.8. The highest BCUT2D eigenvalue weighted by Crippen LogP contribution is 2.32. The zero-order valence-corrected chi connectivity index (χ0v) is 52.8. The number of unbranched alkanes of at least 4 members (excludes halogenated alkanes) is 1. The summed E-state index contributed by atoms with van der Waals surface area (Å²) >= 11 is 1.02. The highest BCUT2D eigenvalue weighted by Gasteiger charge is 2.42. The SMILES string of the molecule is CC[C@H](C)[C@H](NC(=O)[C@H]1CN1C)C(=O)N(C)[C@H](C[C@@H](OC(C)=O)c1nc(C(=O)N(C)[C@@H](Cc2ccc(OS(=O)(=O)O)cc2)C(=O)N[C@H](CCCCN)C(=O)N[C@@H](Cc2ccccc2)C(=O)N2CCN(C(=O)CCCN3C(=O)C=CC3=O)CC2)cs1)C(C)C. The molecule has 3 aliphatic rings. The molecule has 1 aromatic heterocycles. The van der Waals surface area contributed by atoms with Crippen LogP contribution < -0.4 is 25.9 Å². The molecule has 0 aliphatic carbocycles. The average molecular weight is 1260 g/mol. The number of benzene rings is 2. The molecule has 2 aromatic carbocycles. The summed E-state index contributed by atoms with van der Waals surface area (Å²) < 4.78 is 42.8. The number of carbonyl (C=O) groups excluding carboxylic acids is 10. The van der Waals surface area contributed by atoms with Crippen molar-refractivity contribution in [3.8, 4) is 5.75 Å². The summed E-state index contributed by atoms with van der Waals surface area (Å²) in [6.07, 6.45) is 3.02. The predicted molar refractivity (Wildman–Crippen MR) is 324 cm³/mol. The molecule has 3 aliphatic heterocycles. The number of carbonyl (C=O) groups is 10. The number of amides is 9. The molecule has 3 aromatic rings. The van der Waals surface area contributed by atoms with Gasteiger partial charge < -0.3 is 50.2 Å². The number of ether oxygens (including phenoxy) is 1. The lowest BCUT2D eigenvalue weighted by Crippen LogP contribution is -2.59. The summed E-state index contributed by atoms with van der Waals surface area (Å²) in [5, 5.41) is 10.4. The van der Waals surface area contributed by atoms with Gasteiger partial charge in [0, 0.05) is 110 Å². The molecule has 4 heterocycles. The molecule has 9 amide bonds. The molecular weight excluding hydrogens is 1180 g/mol. The molecule has 6 N–H and O–H groups in total. The largest absolute Gasteiger partial charge is 0.455 e. The van der Waals surface area contributed by atoms with Crippen LogP contribution in [0.3, 0.4) is 0 Å². The van der Waals surface area contributed by atoms with E-state index >= 15 is 0 Å². The lowest BCUT2D eigenvalue weighted by molar-refractivity contribution is -0.149. The number of nitrogens with one attached hydrogen (secondary N) is 3. The van der Waals surface area contributed by atoms with Gasteiger partial charge in [0.25, 0.3) is 17.7 Å². The Labute approximate surface area is 517 Å². The van der Waals surface area contributed by atoms with Crippen LogP contribution in [0.5, 0.6) is 5.75 Å². The Morgan fingerprint density at radius 3 is 2.01 bits per heavy atom. The second-order valence-corrected chi connectivity index (χ2v) is 24.8. The highest BCUT2D eigenvalue weighted by atomic mass is 32.3. The van der Waals surface area contributed by atoms with E-state index in [1.165, 1.54) is 55.8 Å². The minimum atomic E-state index is -4.90. The Bertz CT molecular complexity index is 3100. The molecule has 2 fully saturated rings. The van der Waals surface area contributed by atoms with Gasteiger partial charge in [0.15, 0.2) is 6.10 Å². The summed E-state index contributed by atoms with van der Waals surface area (Å²) in [4.78, 5) is 150. The van der Waals surface area contributed by atoms with Gasteiger partial charge in [-0.15, -0.1) is 11.3 Å². The van der Waals surface area contributed by atoms with Crippen molar-refractivity contribution in [2.24, 2.45) is 17.6 Å². The van der Waals surface area contributed by atoms with Gasteiger partial charge in [0.1, 0.15) is 46.7 Å². The van der Waals surface area contributed by atoms with Gasteiger partial charge in [0.2, 0.25) is 35.4 Å². The number of nitrogens with two attached hydrogens (primary N) is 1. The topological polar surface area (TPSA) is 338 Å². The smallest absolute Gasteiger partial charge is 0.446 e.